The third-order valence-electron chi connectivity index (χ3n) is 3.54. The summed E-state index contributed by atoms with van der Waals surface area (Å²) < 4.78 is 20.2. The zero-order valence-electron chi connectivity index (χ0n) is 13.3. The van der Waals surface area contributed by atoms with Crippen LogP contribution in [-0.2, 0) is 6.42 Å². The molecule has 6 heteroatoms. The molecule has 0 radical (unpaired) electrons. The molecule has 2 heterocycles. The predicted octanol–water partition coefficient (Wildman–Crippen LogP) is 2.84. The first-order valence-corrected chi connectivity index (χ1v) is 7.80. The van der Waals surface area contributed by atoms with Crippen LogP contribution < -0.4 is 10.1 Å². The SMILES string of the molecule is CCOc1cccc(C(=O)NCCc2cn3cc(F)ccc3n2)c1. The van der Waals surface area contributed by atoms with Gasteiger partial charge in [0.15, 0.2) is 0 Å². The molecule has 0 fully saturated rings. The number of carbonyl (C=O) groups excluding carboxylic acids is 1. The minimum atomic E-state index is -0.311. The molecule has 3 aromatic rings. The molecule has 0 saturated heterocycles. The minimum Gasteiger partial charge on any atom is -0.494 e. The summed E-state index contributed by atoms with van der Waals surface area (Å²) in [7, 11) is 0. The lowest BCUT2D eigenvalue weighted by molar-refractivity contribution is 0.0953. The average Bonchev–Trinajstić information content (AvgIpc) is 2.97. The van der Waals surface area contributed by atoms with Crippen molar-refractivity contribution < 1.29 is 13.9 Å². The third-order valence-corrected chi connectivity index (χ3v) is 3.54. The van der Waals surface area contributed by atoms with Crippen LogP contribution in [0.25, 0.3) is 5.65 Å². The number of fused-ring (bicyclic) bond motifs is 1. The summed E-state index contributed by atoms with van der Waals surface area (Å²) >= 11 is 0. The summed E-state index contributed by atoms with van der Waals surface area (Å²) in [6, 6.07) is 10.1. The van der Waals surface area contributed by atoms with Gasteiger partial charge in [-0.2, -0.15) is 0 Å². The van der Waals surface area contributed by atoms with Crippen molar-refractivity contribution in [3.05, 3.63) is 65.9 Å². The number of pyridine rings is 1. The first-order valence-electron chi connectivity index (χ1n) is 7.80. The molecule has 0 unspecified atom stereocenters. The van der Waals surface area contributed by atoms with Gasteiger partial charge in [0, 0.05) is 30.9 Å². The van der Waals surface area contributed by atoms with Crippen LogP contribution in [0.15, 0.2) is 48.8 Å². The normalized spacial score (nSPS) is 10.8. The van der Waals surface area contributed by atoms with Gasteiger partial charge in [0.1, 0.15) is 17.2 Å². The molecular weight excluding hydrogens is 309 g/mol. The highest BCUT2D eigenvalue weighted by Crippen LogP contribution is 2.13. The maximum absolute atomic E-state index is 13.2. The second-order valence-corrected chi connectivity index (χ2v) is 5.31. The van der Waals surface area contributed by atoms with Crippen molar-refractivity contribution in [1.82, 2.24) is 14.7 Å². The van der Waals surface area contributed by atoms with Gasteiger partial charge in [-0.1, -0.05) is 6.07 Å². The fourth-order valence-corrected chi connectivity index (χ4v) is 2.44. The van der Waals surface area contributed by atoms with E-state index in [2.05, 4.69) is 10.3 Å². The molecular formula is C18H18FN3O2. The number of hydrogen-bond donors (Lipinski definition) is 1. The molecule has 0 saturated carbocycles. The molecule has 0 spiro atoms. The molecule has 0 atom stereocenters. The van der Waals surface area contributed by atoms with Crippen LogP contribution in [0.2, 0.25) is 0 Å². The molecule has 1 aromatic carbocycles. The van der Waals surface area contributed by atoms with Crippen LogP contribution in [0.4, 0.5) is 4.39 Å². The van der Waals surface area contributed by atoms with Crippen LogP contribution in [0, 0.1) is 5.82 Å². The first kappa shape index (κ1) is 16.0. The smallest absolute Gasteiger partial charge is 0.251 e. The number of aromatic nitrogens is 2. The van der Waals surface area contributed by atoms with Crippen molar-refractivity contribution in [2.24, 2.45) is 0 Å². The van der Waals surface area contributed by atoms with Crippen LogP contribution in [0.5, 0.6) is 5.75 Å². The highest BCUT2D eigenvalue weighted by Gasteiger charge is 2.07. The number of benzene rings is 1. The lowest BCUT2D eigenvalue weighted by Gasteiger charge is -2.07. The van der Waals surface area contributed by atoms with Crippen LogP contribution in [0.3, 0.4) is 0 Å². The topological polar surface area (TPSA) is 55.6 Å². The Hall–Kier alpha value is -2.89. The van der Waals surface area contributed by atoms with Crippen molar-refractivity contribution in [3.8, 4) is 5.75 Å². The lowest BCUT2D eigenvalue weighted by atomic mass is 10.2. The van der Waals surface area contributed by atoms with Crippen LogP contribution in [-0.4, -0.2) is 28.4 Å². The van der Waals surface area contributed by atoms with Crippen LogP contribution >= 0.6 is 0 Å². The summed E-state index contributed by atoms with van der Waals surface area (Å²) in [4.78, 5) is 16.6. The van der Waals surface area contributed by atoms with E-state index >= 15 is 0 Å². The van der Waals surface area contributed by atoms with Gasteiger partial charge in [-0.05, 0) is 37.3 Å². The Morgan fingerprint density at radius 1 is 1.29 bits per heavy atom. The average molecular weight is 327 g/mol. The van der Waals surface area contributed by atoms with E-state index < -0.39 is 0 Å². The number of halogens is 1. The fourth-order valence-electron chi connectivity index (χ4n) is 2.44. The molecule has 24 heavy (non-hydrogen) atoms. The minimum absolute atomic E-state index is 0.161. The van der Waals surface area contributed by atoms with E-state index in [0.717, 1.165) is 5.69 Å². The van der Waals surface area contributed by atoms with Gasteiger partial charge in [0.05, 0.1) is 12.3 Å². The summed E-state index contributed by atoms with van der Waals surface area (Å²) in [6.45, 7) is 2.90. The monoisotopic (exact) mass is 327 g/mol. The molecule has 124 valence electrons. The largest absolute Gasteiger partial charge is 0.494 e. The first-order chi connectivity index (χ1) is 11.7. The predicted molar refractivity (Wildman–Crippen MR) is 88.8 cm³/mol. The Balaban J connectivity index is 1.58. The number of imidazole rings is 1. The maximum atomic E-state index is 13.2. The number of amides is 1. The summed E-state index contributed by atoms with van der Waals surface area (Å²) in [5, 5.41) is 2.85. The van der Waals surface area contributed by atoms with Crippen molar-refractivity contribution in [1.29, 1.82) is 0 Å². The second kappa shape index (κ2) is 7.12. The van der Waals surface area contributed by atoms with Crippen molar-refractivity contribution in [2.45, 2.75) is 13.3 Å². The highest BCUT2D eigenvalue weighted by atomic mass is 19.1. The molecule has 0 bridgehead atoms. The van der Waals surface area contributed by atoms with E-state index in [4.69, 9.17) is 4.74 Å². The molecule has 5 nitrogen and oxygen atoms in total. The zero-order valence-corrected chi connectivity index (χ0v) is 13.3. The standard InChI is InChI=1S/C18H18FN3O2/c1-2-24-16-5-3-4-13(10-16)18(23)20-9-8-15-12-22-11-14(19)6-7-17(22)21-15/h3-7,10-12H,2,8-9H2,1H3,(H,20,23). The van der Waals surface area contributed by atoms with E-state index in [-0.39, 0.29) is 11.7 Å². The second-order valence-electron chi connectivity index (χ2n) is 5.31. The van der Waals surface area contributed by atoms with Crippen molar-refractivity contribution >= 4 is 11.6 Å². The van der Waals surface area contributed by atoms with Crippen molar-refractivity contribution in [3.63, 3.8) is 0 Å². The lowest BCUT2D eigenvalue weighted by Crippen LogP contribution is -2.25. The quantitative estimate of drug-likeness (QED) is 0.757. The van der Waals surface area contributed by atoms with Gasteiger partial charge >= 0.3 is 0 Å². The van der Waals surface area contributed by atoms with Crippen molar-refractivity contribution in [2.75, 3.05) is 13.2 Å². The number of carbonyl (C=O) groups is 1. The van der Waals surface area contributed by atoms with Gasteiger partial charge in [-0.15, -0.1) is 0 Å². The molecule has 1 N–H and O–H groups in total. The highest BCUT2D eigenvalue weighted by molar-refractivity contribution is 5.94. The maximum Gasteiger partial charge on any atom is 0.251 e. The third kappa shape index (κ3) is 3.71. The molecule has 2 aromatic heterocycles. The number of nitrogens with one attached hydrogen (secondary N) is 1. The van der Waals surface area contributed by atoms with E-state index in [0.29, 0.717) is 36.5 Å². The Morgan fingerprint density at radius 3 is 3.00 bits per heavy atom. The van der Waals surface area contributed by atoms with Crippen LogP contribution in [0.1, 0.15) is 23.0 Å². The van der Waals surface area contributed by atoms with E-state index in [1.165, 1.54) is 12.3 Å². The summed E-state index contributed by atoms with van der Waals surface area (Å²) in [6.07, 6.45) is 3.71. The van der Waals surface area contributed by atoms with Gasteiger partial charge in [0.25, 0.3) is 5.91 Å². The van der Waals surface area contributed by atoms with Gasteiger partial charge < -0.3 is 14.5 Å². The summed E-state index contributed by atoms with van der Waals surface area (Å²) in [5.74, 6) is 0.202. The van der Waals surface area contributed by atoms with E-state index in [9.17, 15) is 9.18 Å². The molecule has 1 amide bonds. The number of nitrogens with zero attached hydrogens (tertiary/aromatic N) is 2. The molecule has 0 aliphatic heterocycles. The van der Waals surface area contributed by atoms with E-state index in [1.54, 1.807) is 34.9 Å². The zero-order chi connectivity index (χ0) is 16.9. The Labute approximate surface area is 139 Å². The Kier molecular flexibility index (Phi) is 4.74. The number of ether oxygens (including phenoxy) is 1. The molecule has 3 rings (SSSR count). The Morgan fingerprint density at radius 2 is 2.17 bits per heavy atom. The molecule has 0 aliphatic carbocycles. The van der Waals surface area contributed by atoms with Gasteiger partial charge in [-0.3, -0.25) is 4.79 Å². The van der Waals surface area contributed by atoms with E-state index in [1.807, 2.05) is 13.0 Å². The fraction of sp³-hybridized carbons (Fsp3) is 0.222. The van der Waals surface area contributed by atoms with Gasteiger partial charge in [-0.25, -0.2) is 9.37 Å². The number of rotatable bonds is 6. The molecule has 0 aliphatic rings. The van der Waals surface area contributed by atoms with Gasteiger partial charge in [0.2, 0.25) is 0 Å². The number of hydrogen-bond acceptors (Lipinski definition) is 3. The Bertz CT molecular complexity index is 860. The summed E-state index contributed by atoms with van der Waals surface area (Å²) in [5.41, 5.74) is 2.03.